The van der Waals surface area contributed by atoms with E-state index in [0.29, 0.717) is 6.42 Å². The van der Waals surface area contributed by atoms with Crippen molar-refractivity contribution in [2.45, 2.75) is 51.0 Å². The number of hydroxylamine groups is 1. The van der Waals surface area contributed by atoms with Gasteiger partial charge in [0.2, 0.25) is 0 Å². The molecule has 0 fully saturated rings. The summed E-state index contributed by atoms with van der Waals surface area (Å²) in [4.78, 5) is 10.5. The second-order valence-corrected chi connectivity index (χ2v) is 4.91. The van der Waals surface area contributed by atoms with Crippen molar-refractivity contribution in [3.8, 4) is 0 Å². The van der Waals surface area contributed by atoms with Gasteiger partial charge in [0.15, 0.2) is 0 Å². The molecule has 0 rings (SSSR count). The summed E-state index contributed by atoms with van der Waals surface area (Å²) in [6.07, 6.45) is 9.44. The van der Waals surface area contributed by atoms with Crippen LogP contribution in [0.15, 0.2) is 0 Å². The van der Waals surface area contributed by atoms with E-state index in [2.05, 4.69) is 6.26 Å². The van der Waals surface area contributed by atoms with Crippen molar-refractivity contribution in [1.82, 2.24) is 5.48 Å². The van der Waals surface area contributed by atoms with Crippen LogP contribution in [0.25, 0.3) is 0 Å². The summed E-state index contributed by atoms with van der Waals surface area (Å²) >= 11 is 1.88. The van der Waals surface area contributed by atoms with Crippen LogP contribution in [0.2, 0.25) is 0 Å². The molecule has 0 saturated carbocycles. The molecule has 0 aliphatic heterocycles. The third kappa shape index (κ3) is 9.00. The number of thioether (sulfide) groups is 1. The first kappa shape index (κ1) is 15.7. The van der Waals surface area contributed by atoms with E-state index in [-0.39, 0.29) is 0 Å². The molecular formula is C11H23NO3S. The van der Waals surface area contributed by atoms with Gasteiger partial charge >= 0.3 is 5.97 Å². The van der Waals surface area contributed by atoms with Gasteiger partial charge in [-0.2, -0.15) is 17.2 Å². The van der Waals surface area contributed by atoms with Crippen molar-refractivity contribution in [2.75, 3.05) is 12.0 Å². The summed E-state index contributed by atoms with van der Waals surface area (Å²) in [7, 11) is 0. The molecule has 0 amide bonds. The molecule has 1 atom stereocenters. The fourth-order valence-electron chi connectivity index (χ4n) is 1.55. The Hall–Kier alpha value is -0.260. The molecule has 0 heterocycles. The summed E-state index contributed by atoms with van der Waals surface area (Å²) in [6, 6.07) is -0.809. The minimum absolute atomic E-state index is 0.497. The van der Waals surface area contributed by atoms with Gasteiger partial charge in [-0.1, -0.05) is 32.1 Å². The predicted octanol–water partition coefficient (Wildman–Crippen LogP) is 2.51. The van der Waals surface area contributed by atoms with Crippen molar-refractivity contribution in [2.24, 2.45) is 0 Å². The number of carboxylic acid groups (broad SMARTS) is 1. The standard InChI is InChI=1S/C11H23NO3S/c1-16-9-7-5-3-2-4-6-8-10(12-15)11(13)14/h10,12,15H,2-9H2,1H3,(H,13,14). The Morgan fingerprint density at radius 3 is 2.25 bits per heavy atom. The van der Waals surface area contributed by atoms with Gasteiger partial charge in [0.25, 0.3) is 0 Å². The van der Waals surface area contributed by atoms with Crippen LogP contribution in [0.4, 0.5) is 0 Å². The molecule has 96 valence electrons. The number of nitrogens with one attached hydrogen (secondary N) is 1. The van der Waals surface area contributed by atoms with Gasteiger partial charge in [-0.15, -0.1) is 0 Å². The molecule has 0 aromatic rings. The lowest BCUT2D eigenvalue weighted by molar-refractivity contribution is -0.142. The zero-order chi connectivity index (χ0) is 12.2. The number of carboxylic acids is 1. The normalized spacial score (nSPS) is 12.6. The highest BCUT2D eigenvalue weighted by molar-refractivity contribution is 7.98. The topological polar surface area (TPSA) is 69.6 Å². The van der Waals surface area contributed by atoms with E-state index in [0.717, 1.165) is 19.3 Å². The van der Waals surface area contributed by atoms with Crippen LogP contribution in [0.3, 0.4) is 0 Å². The van der Waals surface area contributed by atoms with Crippen LogP contribution in [0.5, 0.6) is 0 Å². The van der Waals surface area contributed by atoms with E-state index < -0.39 is 12.0 Å². The van der Waals surface area contributed by atoms with Crippen molar-refractivity contribution in [3.05, 3.63) is 0 Å². The maximum Gasteiger partial charge on any atom is 0.323 e. The number of rotatable bonds is 11. The molecule has 4 nitrogen and oxygen atoms in total. The molecule has 1 unspecified atom stereocenters. The summed E-state index contributed by atoms with van der Waals surface area (Å²) in [5.74, 6) is 0.248. The summed E-state index contributed by atoms with van der Waals surface area (Å²) in [5, 5.41) is 17.2. The van der Waals surface area contributed by atoms with Crippen molar-refractivity contribution < 1.29 is 15.1 Å². The van der Waals surface area contributed by atoms with E-state index in [1.807, 2.05) is 17.2 Å². The first-order valence-corrected chi connectivity index (χ1v) is 7.23. The molecule has 0 saturated heterocycles. The van der Waals surface area contributed by atoms with E-state index in [9.17, 15) is 4.79 Å². The second-order valence-electron chi connectivity index (χ2n) is 3.92. The molecule has 16 heavy (non-hydrogen) atoms. The Kier molecular flexibility index (Phi) is 11.0. The molecule has 0 aromatic heterocycles. The molecule has 0 aliphatic rings. The molecule has 0 aliphatic carbocycles. The zero-order valence-electron chi connectivity index (χ0n) is 9.95. The average molecular weight is 249 g/mol. The van der Waals surface area contributed by atoms with E-state index in [1.165, 1.54) is 25.0 Å². The Balaban J connectivity index is 3.22. The lowest BCUT2D eigenvalue weighted by Gasteiger charge is -2.09. The predicted molar refractivity (Wildman–Crippen MR) is 67.0 cm³/mol. The van der Waals surface area contributed by atoms with E-state index >= 15 is 0 Å². The quantitative estimate of drug-likeness (QED) is 0.388. The van der Waals surface area contributed by atoms with Crippen LogP contribution in [0, 0.1) is 0 Å². The summed E-state index contributed by atoms with van der Waals surface area (Å²) in [6.45, 7) is 0. The maximum absolute atomic E-state index is 10.5. The van der Waals surface area contributed by atoms with Gasteiger partial charge in [-0.05, 0) is 24.9 Å². The fraction of sp³-hybridized carbons (Fsp3) is 0.909. The van der Waals surface area contributed by atoms with Crippen LogP contribution in [0.1, 0.15) is 44.9 Å². The average Bonchev–Trinajstić information content (AvgIpc) is 2.26. The van der Waals surface area contributed by atoms with Gasteiger partial charge in [0.1, 0.15) is 6.04 Å². The van der Waals surface area contributed by atoms with Crippen molar-refractivity contribution in [1.29, 1.82) is 0 Å². The van der Waals surface area contributed by atoms with E-state index in [4.69, 9.17) is 10.3 Å². The van der Waals surface area contributed by atoms with Crippen molar-refractivity contribution in [3.63, 3.8) is 0 Å². The SMILES string of the molecule is CSCCCCCCCCC(NO)C(=O)O. The fourth-order valence-corrected chi connectivity index (χ4v) is 2.04. The lowest BCUT2D eigenvalue weighted by atomic mass is 10.1. The molecule has 3 N–H and O–H groups in total. The van der Waals surface area contributed by atoms with Crippen LogP contribution in [-0.4, -0.2) is 34.3 Å². The number of carbonyl (C=O) groups is 1. The zero-order valence-corrected chi connectivity index (χ0v) is 10.8. The van der Waals surface area contributed by atoms with Crippen LogP contribution < -0.4 is 5.48 Å². The van der Waals surface area contributed by atoms with Crippen LogP contribution in [-0.2, 0) is 4.79 Å². The third-order valence-electron chi connectivity index (χ3n) is 2.55. The Bertz CT molecular complexity index is 179. The number of aliphatic carboxylic acids is 1. The first-order chi connectivity index (χ1) is 7.72. The van der Waals surface area contributed by atoms with Crippen molar-refractivity contribution >= 4 is 17.7 Å². The highest BCUT2D eigenvalue weighted by Gasteiger charge is 2.14. The van der Waals surface area contributed by atoms with E-state index in [1.54, 1.807) is 0 Å². The summed E-state index contributed by atoms with van der Waals surface area (Å²) < 4.78 is 0. The number of hydrogen-bond acceptors (Lipinski definition) is 4. The molecule has 0 spiro atoms. The third-order valence-corrected chi connectivity index (χ3v) is 3.24. The molecule has 0 aromatic carbocycles. The smallest absolute Gasteiger partial charge is 0.323 e. The molecule has 5 heteroatoms. The molecular weight excluding hydrogens is 226 g/mol. The lowest BCUT2D eigenvalue weighted by Crippen LogP contribution is -2.34. The van der Waals surface area contributed by atoms with Gasteiger partial charge in [0.05, 0.1) is 0 Å². The minimum Gasteiger partial charge on any atom is -0.480 e. The Labute approximate surface area is 102 Å². The minimum atomic E-state index is -0.984. The van der Waals surface area contributed by atoms with Gasteiger partial charge in [-0.25, -0.2) is 0 Å². The van der Waals surface area contributed by atoms with Gasteiger partial charge in [-0.3, -0.25) is 4.79 Å². The Morgan fingerprint density at radius 1 is 1.19 bits per heavy atom. The van der Waals surface area contributed by atoms with Gasteiger partial charge < -0.3 is 10.3 Å². The molecule has 0 bridgehead atoms. The highest BCUT2D eigenvalue weighted by atomic mass is 32.2. The molecule has 0 radical (unpaired) electrons. The Morgan fingerprint density at radius 2 is 1.75 bits per heavy atom. The number of unbranched alkanes of at least 4 members (excludes halogenated alkanes) is 5. The highest BCUT2D eigenvalue weighted by Crippen LogP contribution is 2.10. The van der Waals surface area contributed by atoms with Crippen LogP contribution >= 0.6 is 11.8 Å². The monoisotopic (exact) mass is 249 g/mol. The second kappa shape index (κ2) is 11.2. The summed E-state index contributed by atoms with van der Waals surface area (Å²) in [5.41, 5.74) is 1.82. The maximum atomic E-state index is 10.5. The number of hydrogen-bond donors (Lipinski definition) is 3. The van der Waals surface area contributed by atoms with Gasteiger partial charge in [0, 0.05) is 0 Å². The largest absolute Gasteiger partial charge is 0.480 e. The first-order valence-electron chi connectivity index (χ1n) is 5.83.